The van der Waals surface area contributed by atoms with Crippen LogP contribution in [0.25, 0.3) is 15.3 Å². The van der Waals surface area contributed by atoms with Crippen molar-refractivity contribution in [3.63, 3.8) is 0 Å². The molecule has 0 radical (unpaired) electrons. The van der Waals surface area contributed by atoms with Crippen molar-refractivity contribution in [3.05, 3.63) is 57.7 Å². The van der Waals surface area contributed by atoms with Gasteiger partial charge in [-0.25, -0.2) is 0 Å². The van der Waals surface area contributed by atoms with E-state index in [-0.39, 0.29) is 14.7 Å². The molecule has 3 rings (SSSR count). The van der Waals surface area contributed by atoms with E-state index in [2.05, 4.69) is 33.9 Å². The predicted octanol–water partition coefficient (Wildman–Crippen LogP) is 4.38. The average molecular weight is 339 g/mol. The molecular weight excluding hydrogens is 329 g/mol. The van der Waals surface area contributed by atoms with Gasteiger partial charge in [0.2, 0.25) is 0 Å². The first-order chi connectivity index (χ1) is 8.66. The van der Waals surface area contributed by atoms with Crippen LogP contribution < -0.4 is 0 Å². The van der Waals surface area contributed by atoms with Crippen LogP contribution in [0.15, 0.2) is 42.5 Å². The van der Waals surface area contributed by atoms with Gasteiger partial charge in [-0.1, -0.05) is 0 Å². The number of aromatic nitrogens is 1. The van der Waals surface area contributed by atoms with Gasteiger partial charge >= 0.3 is 122 Å². The standard InChI is InChI=1S/C14H10ClNSSe/c1-9-6-7-12(11(15)8-9)16-14(17)10-4-2-3-5-13(10)18-16/h2-8H,1H3. The molecule has 0 spiro atoms. The van der Waals surface area contributed by atoms with E-state index in [1.165, 1.54) is 15.2 Å². The molecule has 1 aromatic heterocycles. The molecule has 0 amide bonds. The Morgan fingerprint density at radius 3 is 2.67 bits per heavy atom. The van der Waals surface area contributed by atoms with E-state index in [4.69, 9.17) is 23.8 Å². The summed E-state index contributed by atoms with van der Waals surface area (Å²) >= 11 is 12.1. The zero-order chi connectivity index (χ0) is 12.7. The Hall–Kier alpha value is -0.861. The third kappa shape index (κ3) is 1.98. The summed E-state index contributed by atoms with van der Waals surface area (Å²) in [5, 5.41) is 1.94. The normalized spacial score (nSPS) is 11.0. The van der Waals surface area contributed by atoms with Crippen LogP contribution in [0.5, 0.6) is 0 Å². The molecule has 0 saturated heterocycles. The van der Waals surface area contributed by atoms with Gasteiger partial charge in [-0.2, -0.15) is 0 Å². The van der Waals surface area contributed by atoms with E-state index < -0.39 is 0 Å². The monoisotopic (exact) mass is 339 g/mol. The molecule has 2 aromatic carbocycles. The summed E-state index contributed by atoms with van der Waals surface area (Å²) in [6.07, 6.45) is 0. The molecule has 3 aromatic rings. The SMILES string of the molecule is Cc1ccc(-n2[se]c3ccccc3c2=S)c(Cl)c1. The first kappa shape index (κ1) is 12.2. The number of rotatable bonds is 1. The van der Waals surface area contributed by atoms with Gasteiger partial charge in [-0.05, 0) is 0 Å². The molecule has 90 valence electrons. The third-order valence-electron chi connectivity index (χ3n) is 2.81. The van der Waals surface area contributed by atoms with Gasteiger partial charge in [0.05, 0.1) is 0 Å². The summed E-state index contributed by atoms with van der Waals surface area (Å²) in [5.74, 6) is 0. The van der Waals surface area contributed by atoms with Crippen molar-refractivity contribution < 1.29 is 0 Å². The fourth-order valence-electron chi connectivity index (χ4n) is 1.91. The van der Waals surface area contributed by atoms with Crippen LogP contribution in [0.4, 0.5) is 0 Å². The maximum absolute atomic E-state index is 6.33. The number of fused-ring (bicyclic) bond motifs is 1. The van der Waals surface area contributed by atoms with Gasteiger partial charge in [-0.3, -0.25) is 0 Å². The van der Waals surface area contributed by atoms with E-state index in [0.717, 1.165) is 15.4 Å². The van der Waals surface area contributed by atoms with E-state index in [9.17, 15) is 0 Å². The van der Waals surface area contributed by atoms with Crippen molar-refractivity contribution in [2.24, 2.45) is 0 Å². The minimum absolute atomic E-state index is 0.187. The second kappa shape index (κ2) is 4.67. The Labute approximate surface area is 122 Å². The second-order valence-electron chi connectivity index (χ2n) is 4.14. The van der Waals surface area contributed by atoms with E-state index in [0.29, 0.717) is 0 Å². The van der Waals surface area contributed by atoms with Crippen molar-refractivity contribution >= 4 is 48.2 Å². The molecule has 0 atom stereocenters. The predicted molar refractivity (Wildman–Crippen MR) is 80.8 cm³/mol. The molecule has 0 aliphatic carbocycles. The van der Waals surface area contributed by atoms with Crippen LogP contribution in [0.2, 0.25) is 5.02 Å². The summed E-state index contributed by atoms with van der Waals surface area (Å²) in [4.78, 5) is 0. The first-order valence-corrected chi connectivity index (χ1v) is 7.95. The van der Waals surface area contributed by atoms with E-state index >= 15 is 0 Å². The number of nitrogens with zero attached hydrogens (tertiary/aromatic N) is 1. The average Bonchev–Trinajstić information content (AvgIpc) is 2.68. The third-order valence-corrected chi connectivity index (χ3v) is 6.12. The van der Waals surface area contributed by atoms with Crippen molar-refractivity contribution in [2.45, 2.75) is 6.92 Å². The summed E-state index contributed by atoms with van der Waals surface area (Å²) in [6.45, 7) is 2.04. The van der Waals surface area contributed by atoms with Crippen LogP contribution in [0, 0.1) is 11.6 Å². The number of benzene rings is 2. The fourth-order valence-corrected chi connectivity index (χ4v) is 5.13. The van der Waals surface area contributed by atoms with E-state index in [1.54, 1.807) is 0 Å². The number of hydrogen-bond donors (Lipinski definition) is 0. The van der Waals surface area contributed by atoms with Gasteiger partial charge in [0.25, 0.3) is 0 Å². The van der Waals surface area contributed by atoms with Crippen molar-refractivity contribution in [1.82, 2.24) is 3.56 Å². The molecule has 0 fully saturated rings. The summed E-state index contributed by atoms with van der Waals surface area (Å²) < 4.78 is 4.37. The zero-order valence-electron chi connectivity index (χ0n) is 9.68. The van der Waals surface area contributed by atoms with Crippen molar-refractivity contribution in [2.75, 3.05) is 0 Å². The van der Waals surface area contributed by atoms with Crippen molar-refractivity contribution in [3.8, 4) is 5.69 Å². The Kier molecular flexibility index (Phi) is 3.16. The van der Waals surface area contributed by atoms with Crippen LogP contribution in [-0.4, -0.2) is 18.3 Å². The van der Waals surface area contributed by atoms with Crippen LogP contribution in [0.3, 0.4) is 0 Å². The Bertz CT molecular complexity index is 788. The molecule has 4 heteroatoms. The summed E-state index contributed by atoms with van der Waals surface area (Å²) in [7, 11) is 0. The van der Waals surface area contributed by atoms with Gasteiger partial charge < -0.3 is 0 Å². The van der Waals surface area contributed by atoms with Crippen molar-refractivity contribution in [1.29, 1.82) is 0 Å². The molecule has 0 bridgehead atoms. The molecule has 0 N–H and O–H groups in total. The molecule has 0 saturated carbocycles. The fraction of sp³-hybridized carbons (Fsp3) is 0.0714. The molecule has 0 aliphatic heterocycles. The topological polar surface area (TPSA) is 4.93 Å². The quantitative estimate of drug-likeness (QED) is 0.471. The Morgan fingerprint density at radius 2 is 1.94 bits per heavy atom. The van der Waals surface area contributed by atoms with Gasteiger partial charge in [-0.15, -0.1) is 0 Å². The molecule has 0 aliphatic rings. The van der Waals surface area contributed by atoms with Gasteiger partial charge in [0.15, 0.2) is 0 Å². The van der Waals surface area contributed by atoms with E-state index in [1.807, 2.05) is 19.1 Å². The maximum atomic E-state index is 6.33. The van der Waals surface area contributed by atoms with Gasteiger partial charge in [0.1, 0.15) is 0 Å². The molecule has 1 nitrogen and oxygen atoms in total. The number of halogens is 1. The number of aryl methyl sites for hydroxylation is 1. The first-order valence-electron chi connectivity index (χ1n) is 5.54. The van der Waals surface area contributed by atoms with Crippen LogP contribution >= 0.6 is 23.8 Å². The minimum atomic E-state index is 0.187. The van der Waals surface area contributed by atoms with Crippen LogP contribution in [0.1, 0.15) is 5.56 Å². The summed E-state index contributed by atoms with van der Waals surface area (Å²) in [5.41, 5.74) is 2.18. The Balaban J connectivity index is 2.32. The molecule has 1 heterocycles. The number of hydrogen-bond acceptors (Lipinski definition) is 1. The molecule has 0 unspecified atom stereocenters. The molecule has 18 heavy (non-hydrogen) atoms. The second-order valence-corrected chi connectivity index (χ2v) is 7.01. The zero-order valence-corrected chi connectivity index (χ0v) is 13.0. The van der Waals surface area contributed by atoms with Gasteiger partial charge in [0, 0.05) is 0 Å². The summed E-state index contributed by atoms with van der Waals surface area (Å²) in [6, 6.07) is 14.4. The molecular formula is C14H10ClNSSe. The Morgan fingerprint density at radius 1 is 1.17 bits per heavy atom. The van der Waals surface area contributed by atoms with Crippen LogP contribution in [-0.2, 0) is 0 Å².